The molecule has 36 heavy (non-hydrogen) atoms. The zero-order valence-electron chi connectivity index (χ0n) is 23.6. The number of aryl methyl sites for hydroxylation is 1. The molecule has 0 aliphatic carbocycles. The maximum atomic E-state index is 4.43. The minimum Gasteiger partial charge on any atom is -0.0683 e. The summed E-state index contributed by atoms with van der Waals surface area (Å²) >= 11 is 0. The van der Waals surface area contributed by atoms with E-state index in [0.29, 0.717) is 17.9 Å². The van der Waals surface area contributed by atoms with Crippen molar-refractivity contribution in [1.29, 1.82) is 0 Å². The molecule has 2 heteroatoms. The van der Waals surface area contributed by atoms with Gasteiger partial charge in [0.2, 0.25) is 0 Å². The van der Waals surface area contributed by atoms with E-state index in [2.05, 4.69) is 120 Å². The molecule has 1 N–H and O–H groups in total. The number of nitrogens with one attached hydrogen (secondary N) is 1. The van der Waals surface area contributed by atoms with Crippen molar-refractivity contribution in [3.05, 3.63) is 95.7 Å². The van der Waals surface area contributed by atoms with Gasteiger partial charge in [0.15, 0.2) is 0 Å². The van der Waals surface area contributed by atoms with Crippen LogP contribution >= 0.6 is 0 Å². The van der Waals surface area contributed by atoms with Crippen LogP contribution in [0.15, 0.2) is 79.0 Å². The van der Waals surface area contributed by atoms with Gasteiger partial charge in [-0.3, -0.25) is 0 Å². The number of hydrogen-bond donors (Lipinski definition) is 1. The quantitative estimate of drug-likeness (QED) is 0.262. The molecule has 0 aliphatic heterocycles. The SMILES string of the molecule is C.C=C(NC(CCC)Cc1ccc(CCC(=BC)/C=C\CC)cc1)C(C)C(C)c1ccccc1.CC. The predicted octanol–water partition coefficient (Wildman–Crippen LogP) is 9.43. The van der Waals surface area contributed by atoms with Crippen molar-refractivity contribution in [2.45, 2.75) is 106 Å². The minimum absolute atomic E-state index is 0. The minimum atomic E-state index is 0. The van der Waals surface area contributed by atoms with Crippen LogP contribution in [0, 0.1) is 5.92 Å². The summed E-state index contributed by atoms with van der Waals surface area (Å²) in [4.78, 5) is 0. The second-order valence-corrected chi connectivity index (χ2v) is 9.34. The molecule has 3 atom stereocenters. The summed E-state index contributed by atoms with van der Waals surface area (Å²) in [5, 5.41) is 3.79. The summed E-state index contributed by atoms with van der Waals surface area (Å²) < 4.78 is 0. The Labute approximate surface area is 225 Å². The number of allylic oxidation sites excluding steroid dienone is 3. The molecule has 2 aromatic carbocycles. The van der Waals surface area contributed by atoms with E-state index in [4.69, 9.17) is 0 Å². The van der Waals surface area contributed by atoms with Crippen molar-refractivity contribution < 1.29 is 0 Å². The van der Waals surface area contributed by atoms with Crippen molar-refractivity contribution >= 4 is 12.4 Å². The first-order valence-electron chi connectivity index (χ1n) is 13.9. The normalized spacial score (nSPS) is 13.5. The van der Waals surface area contributed by atoms with Crippen LogP contribution in [-0.2, 0) is 12.8 Å². The summed E-state index contributed by atoms with van der Waals surface area (Å²) in [5.74, 6) is 0.832. The summed E-state index contributed by atoms with van der Waals surface area (Å²) in [7, 11) is 0. The third-order valence-corrected chi connectivity index (χ3v) is 6.80. The molecule has 0 bridgehead atoms. The smallest absolute Gasteiger partial charge is 0.0683 e. The Morgan fingerprint density at radius 1 is 0.972 bits per heavy atom. The molecule has 0 saturated carbocycles. The number of hydrogen-bond acceptors (Lipinski definition) is 1. The van der Waals surface area contributed by atoms with Crippen molar-refractivity contribution in [3.8, 4) is 0 Å². The average molecular weight is 488 g/mol. The molecule has 0 heterocycles. The average Bonchev–Trinajstić information content (AvgIpc) is 2.90. The monoisotopic (exact) mass is 487 g/mol. The van der Waals surface area contributed by atoms with Gasteiger partial charge in [0.25, 0.3) is 0 Å². The standard InChI is InChI=1S/C31H44BN.C2H6.CH4/c1-7-9-16-30(32-6)22-21-27-17-19-28(20-18-27)23-31(13-8-2)33-26(5)24(3)25(4)29-14-11-10-12-15-29;1-2;/h9-12,14-20,24-25,31,33H,5,7-8,13,21-23H2,1-4,6H3;1-2H3;1H4/b16-9-;;. The van der Waals surface area contributed by atoms with E-state index in [1.54, 1.807) is 0 Å². The summed E-state index contributed by atoms with van der Waals surface area (Å²) in [6.45, 7) is 21.8. The zero-order valence-corrected chi connectivity index (χ0v) is 23.6. The van der Waals surface area contributed by atoms with Crippen LogP contribution in [0.1, 0.15) is 97.3 Å². The van der Waals surface area contributed by atoms with E-state index >= 15 is 0 Å². The van der Waals surface area contributed by atoms with Gasteiger partial charge in [0, 0.05) is 0 Å². The van der Waals surface area contributed by atoms with E-state index in [1.165, 1.54) is 28.6 Å². The van der Waals surface area contributed by atoms with Crippen molar-refractivity contribution in [3.63, 3.8) is 0 Å². The molecular weight excluding hydrogens is 433 g/mol. The second kappa shape index (κ2) is 19.8. The van der Waals surface area contributed by atoms with Crippen molar-refractivity contribution in [1.82, 2.24) is 5.32 Å². The Balaban J connectivity index is 0.00000398. The third kappa shape index (κ3) is 12.1. The van der Waals surface area contributed by atoms with E-state index in [0.717, 1.165) is 37.8 Å². The Morgan fingerprint density at radius 3 is 2.14 bits per heavy atom. The Bertz CT molecular complexity index is 879. The zero-order chi connectivity index (χ0) is 26.1. The predicted molar refractivity (Wildman–Crippen MR) is 168 cm³/mol. The Kier molecular flexibility index (Phi) is 18.5. The summed E-state index contributed by atoms with van der Waals surface area (Å²) in [5.41, 5.74) is 6.77. The van der Waals surface area contributed by atoms with Crippen LogP contribution in [0.3, 0.4) is 0 Å². The van der Waals surface area contributed by atoms with Gasteiger partial charge < -0.3 is 0 Å². The first-order valence-corrected chi connectivity index (χ1v) is 13.9. The second-order valence-electron chi connectivity index (χ2n) is 9.34. The number of rotatable bonds is 14. The van der Waals surface area contributed by atoms with Crippen molar-refractivity contribution in [2.75, 3.05) is 0 Å². The summed E-state index contributed by atoms with van der Waals surface area (Å²) in [6, 6.07) is 20.4. The molecule has 0 radical (unpaired) electrons. The van der Waals surface area contributed by atoms with Gasteiger partial charge in [-0.25, -0.2) is 0 Å². The fourth-order valence-corrected chi connectivity index (χ4v) is 4.32. The molecule has 0 spiro atoms. The molecule has 0 saturated heterocycles. The molecular formula is C34H54BN. The van der Waals surface area contributed by atoms with E-state index in [1.807, 2.05) is 13.8 Å². The van der Waals surface area contributed by atoms with Crippen LogP contribution in [-0.4, -0.2) is 18.4 Å². The van der Waals surface area contributed by atoms with Crippen LogP contribution < -0.4 is 5.32 Å². The molecule has 0 aromatic heterocycles. The first kappa shape index (κ1) is 33.7. The van der Waals surface area contributed by atoms with Gasteiger partial charge in [-0.05, 0) is 11.5 Å². The molecule has 2 rings (SSSR count). The number of benzene rings is 2. The van der Waals surface area contributed by atoms with Crippen LogP contribution in [0.4, 0.5) is 0 Å². The molecule has 2 aromatic rings. The fourth-order valence-electron chi connectivity index (χ4n) is 4.32. The summed E-state index contributed by atoms with van der Waals surface area (Å²) in [6.07, 6.45) is 11.2. The van der Waals surface area contributed by atoms with Gasteiger partial charge in [0.1, 0.15) is 0 Å². The third-order valence-electron chi connectivity index (χ3n) is 6.80. The molecule has 3 unspecified atom stereocenters. The van der Waals surface area contributed by atoms with Crippen LogP contribution in [0.25, 0.3) is 0 Å². The van der Waals surface area contributed by atoms with Gasteiger partial charge in [-0.15, -0.1) is 0 Å². The maximum absolute atomic E-state index is 4.43. The van der Waals surface area contributed by atoms with Gasteiger partial charge in [-0.2, -0.15) is 0 Å². The first-order chi connectivity index (χ1) is 17.0. The molecule has 0 aliphatic rings. The van der Waals surface area contributed by atoms with Crippen LogP contribution in [0.5, 0.6) is 0 Å². The van der Waals surface area contributed by atoms with Gasteiger partial charge in [-0.1, -0.05) is 65.5 Å². The van der Waals surface area contributed by atoms with Crippen LogP contribution in [0.2, 0.25) is 6.82 Å². The van der Waals surface area contributed by atoms with E-state index in [-0.39, 0.29) is 7.43 Å². The Hall–Kier alpha value is -2.35. The van der Waals surface area contributed by atoms with E-state index in [9.17, 15) is 0 Å². The topological polar surface area (TPSA) is 12.0 Å². The van der Waals surface area contributed by atoms with Gasteiger partial charge in [0.05, 0.1) is 0 Å². The van der Waals surface area contributed by atoms with E-state index < -0.39 is 0 Å². The Morgan fingerprint density at radius 2 is 1.58 bits per heavy atom. The molecule has 198 valence electrons. The van der Waals surface area contributed by atoms with Crippen molar-refractivity contribution in [2.24, 2.45) is 5.92 Å². The fraction of sp³-hybridized carbons (Fsp3) is 0.500. The molecule has 0 amide bonds. The van der Waals surface area contributed by atoms with Gasteiger partial charge >= 0.3 is 149 Å². The molecule has 0 fully saturated rings. The molecule has 1 nitrogen and oxygen atoms in total.